The molecule has 6 nitrogen and oxygen atoms in total. The second-order valence-electron chi connectivity index (χ2n) is 7.43. The Labute approximate surface area is 198 Å². The minimum atomic E-state index is -1.34. The van der Waals surface area contributed by atoms with Crippen molar-refractivity contribution in [2.45, 2.75) is 6.92 Å². The first-order valence-electron chi connectivity index (χ1n) is 10.4. The van der Waals surface area contributed by atoms with Crippen LogP contribution in [0.2, 0.25) is 5.02 Å². The molecule has 8 heteroatoms. The van der Waals surface area contributed by atoms with E-state index in [1.54, 1.807) is 12.3 Å². The van der Waals surface area contributed by atoms with E-state index in [-0.39, 0.29) is 5.56 Å². The van der Waals surface area contributed by atoms with Gasteiger partial charge in [-0.2, -0.15) is 0 Å². The molecule has 2 aromatic carbocycles. The Morgan fingerprint density at radius 1 is 1.06 bits per heavy atom. The second-order valence-corrected chi connectivity index (χ2v) is 9.31. The van der Waals surface area contributed by atoms with Gasteiger partial charge in [-0.05, 0) is 36.8 Å². The number of aromatic amines is 1. The van der Waals surface area contributed by atoms with Crippen molar-refractivity contribution in [2.75, 3.05) is 10.5 Å². The number of halogens is 1. The van der Waals surface area contributed by atoms with Gasteiger partial charge < -0.3 is 9.54 Å². The van der Waals surface area contributed by atoms with Gasteiger partial charge in [-0.25, -0.2) is 9.71 Å². The lowest BCUT2D eigenvalue weighted by molar-refractivity contribution is 0.601. The Kier molecular flexibility index (Phi) is 5.76. The van der Waals surface area contributed by atoms with Crippen LogP contribution in [0.25, 0.3) is 44.3 Å². The summed E-state index contributed by atoms with van der Waals surface area (Å²) in [6, 6.07) is 20.4. The third kappa shape index (κ3) is 4.06. The van der Waals surface area contributed by atoms with E-state index in [1.807, 2.05) is 61.5 Å². The SMILES string of the molecule is CC[S+]([O-])Nc1c(-c2cc(Cl)c3ncccc3c2)c(-c2ccccc2)nc2[nH]c(=O)ccc12. The third-order valence-electron chi connectivity index (χ3n) is 5.35. The molecule has 0 aliphatic carbocycles. The predicted molar refractivity (Wildman–Crippen MR) is 136 cm³/mol. The first-order valence-corrected chi connectivity index (χ1v) is 12.1. The van der Waals surface area contributed by atoms with Crippen molar-refractivity contribution in [3.8, 4) is 22.4 Å². The van der Waals surface area contributed by atoms with E-state index in [2.05, 4.69) is 14.7 Å². The Morgan fingerprint density at radius 2 is 1.88 bits per heavy atom. The van der Waals surface area contributed by atoms with Crippen molar-refractivity contribution in [2.24, 2.45) is 0 Å². The molecule has 0 aliphatic heterocycles. The number of fused-ring (bicyclic) bond motifs is 2. The van der Waals surface area contributed by atoms with Crippen LogP contribution in [0, 0.1) is 0 Å². The number of hydrogen-bond donors (Lipinski definition) is 2. The van der Waals surface area contributed by atoms with Gasteiger partial charge in [0.05, 0.1) is 27.6 Å². The van der Waals surface area contributed by atoms with Crippen molar-refractivity contribution in [3.63, 3.8) is 0 Å². The van der Waals surface area contributed by atoms with Crippen LogP contribution in [-0.2, 0) is 11.4 Å². The van der Waals surface area contributed by atoms with E-state index >= 15 is 0 Å². The molecule has 3 heterocycles. The minimum absolute atomic E-state index is 0.260. The fraction of sp³-hybridized carbons (Fsp3) is 0.0800. The van der Waals surface area contributed by atoms with Crippen molar-refractivity contribution in [3.05, 3.63) is 88.3 Å². The van der Waals surface area contributed by atoms with E-state index in [0.717, 1.165) is 22.1 Å². The predicted octanol–water partition coefficient (Wildman–Crippen LogP) is 5.55. The maximum Gasteiger partial charge on any atom is 0.249 e. The smallest absolute Gasteiger partial charge is 0.249 e. The number of H-pyrrole nitrogens is 1. The summed E-state index contributed by atoms with van der Waals surface area (Å²) in [5.41, 5.74) is 4.51. The molecule has 0 fully saturated rings. The highest BCUT2D eigenvalue weighted by Crippen LogP contribution is 2.42. The quantitative estimate of drug-likeness (QED) is 0.325. The van der Waals surface area contributed by atoms with Crippen LogP contribution in [0.4, 0.5) is 5.69 Å². The Balaban J connectivity index is 1.92. The molecule has 2 N–H and O–H groups in total. The van der Waals surface area contributed by atoms with Crippen LogP contribution in [0.3, 0.4) is 0 Å². The average Bonchev–Trinajstić information content (AvgIpc) is 2.84. The van der Waals surface area contributed by atoms with Gasteiger partial charge in [-0.15, -0.1) is 0 Å². The highest BCUT2D eigenvalue weighted by Gasteiger charge is 2.22. The molecule has 5 aromatic rings. The average molecular weight is 475 g/mol. The van der Waals surface area contributed by atoms with Gasteiger partial charge >= 0.3 is 0 Å². The molecule has 0 radical (unpaired) electrons. The summed E-state index contributed by atoms with van der Waals surface area (Å²) in [4.78, 5) is 24.1. The first kappa shape index (κ1) is 21.5. The highest BCUT2D eigenvalue weighted by atomic mass is 35.5. The molecule has 3 aromatic heterocycles. The number of nitrogens with one attached hydrogen (secondary N) is 2. The number of pyridine rings is 3. The van der Waals surface area contributed by atoms with Gasteiger partial charge in [0.15, 0.2) is 0 Å². The van der Waals surface area contributed by atoms with Crippen LogP contribution < -0.4 is 10.3 Å². The molecule has 0 saturated heterocycles. The van der Waals surface area contributed by atoms with E-state index in [4.69, 9.17) is 16.6 Å². The normalized spacial score (nSPS) is 12.2. The summed E-state index contributed by atoms with van der Waals surface area (Å²) >= 11 is 5.29. The lowest BCUT2D eigenvalue weighted by Crippen LogP contribution is -2.17. The molecule has 0 aliphatic rings. The monoisotopic (exact) mass is 474 g/mol. The maximum absolute atomic E-state index is 12.7. The molecule has 1 unspecified atom stereocenters. The number of benzene rings is 2. The van der Waals surface area contributed by atoms with Crippen LogP contribution in [0.5, 0.6) is 0 Å². The summed E-state index contributed by atoms with van der Waals surface area (Å²) < 4.78 is 15.8. The van der Waals surface area contributed by atoms with Gasteiger partial charge in [0, 0.05) is 34.2 Å². The first-order chi connectivity index (χ1) is 16.0. The molecule has 0 amide bonds. The molecule has 33 heavy (non-hydrogen) atoms. The Hall–Kier alpha value is -3.39. The van der Waals surface area contributed by atoms with E-state index in [0.29, 0.717) is 38.7 Å². The van der Waals surface area contributed by atoms with Gasteiger partial charge in [0.2, 0.25) is 5.56 Å². The molecule has 0 saturated carbocycles. The zero-order valence-electron chi connectivity index (χ0n) is 17.6. The number of anilines is 1. The zero-order valence-corrected chi connectivity index (χ0v) is 19.2. The topological polar surface area (TPSA) is 93.7 Å². The maximum atomic E-state index is 12.7. The molecule has 0 bridgehead atoms. The zero-order chi connectivity index (χ0) is 22.9. The van der Waals surface area contributed by atoms with E-state index in [1.165, 1.54) is 6.07 Å². The number of hydrogen-bond acceptors (Lipinski definition) is 5. The molecule has 5 rings (SSSR count). The second kappa shape index (κ2) is 8.86. The molecular weight excluding hydrogens is 456 g/mol. The van der Waals surface area contributed by atoms with Crippen LogP contribution in [-0.4, -0.2) is 25.3 Å². The van der Waals surface area contributed by atoms with Crippen molar-refractivity contribution in [1.82, 2.24) is 15.0 Å². The molecule has 164 valence electrons. The van der Waals surface area contributed by atoms with Crippen molar-refractivity contribution >= 4 is 50.6 Å². The van der Waals surface area contributed by atoms with Gasteiger partial charge in [-0.3, -0.25) is 9.78 Å². The molecule has 0 spiro atoms. The van der Waals surface area contributed by atoms with Gasteiger partial charge in [0.25, 0.3) is 0 Å². The molecule has 1 atom stereocenters. The summed E-state index contributed by atoms with van der Waals surface area (Å²) in [5.74, 6) is 0.412. The van der Waals surface area contributed by atoms with Crippen LogP contribution >= 0.6 is 11.6 Å². The van der Waals surface area contributed by atoms with Gasteiger partial charge in [0.1, 0.15) is 17.1 Å². The largest absolute Gasteiger partial charge is 0.593 e. The summed E-state index contributed by atoms with van der Waals surface area (Å²) in [6.07, 6.45) is 1.70. The van der Waals surface area contributed by atoms with E-state index < -0.39 is 11.4 Å². The highest BCUT2D eigenvalue weighted by molar-refractivity contribution is 7.92. The minimum Gasteiger partial charge on any atom is -0.593 e. The van der Waals surface area contributed by atoms with Crippen molar-refractivity contribution < 1.29 is 4.55 Å². The summed E-state index contributed by atoms with van der Waals surface area (Å²) in [7, 11) is 0. The fourth-order valence-electron chi connectivity index (χ4n) is 3.84. The van der Waals surface area contributed by atoms with E-state index in [9.17, 15) is 9.35 Å². The Morgan fingerprint density at radius 3 is 2.67 bits per heavy atom. The summed E-state index contributed by atoms with van der Waals surface area (Å²) in [6.45, 7) is 1.84. The number of aromatic nitrogens is 3. The number of rotatable bonds is 5. The van der Waals surface area contributed by atoms with Crippen LogP contribution in [0.15, 0.2) is 77.7 Å². The van der Waals surface area contributed by atoms with Crippen molar-refractivity contribution in [1.29, 1.82) is 0 Å². The third-order valence-corrected chi connectivity index (χ3v) is 6.59. The Bertz CT molecular complexity index is 1540. The lowest BCUT2D eigenvalue weighted by Gasteiger charge is -2.20. The van der Waals surface area contributed by atoms with Gasteiger partial charge in [-0.1, -0.05) is 48.0 Å². The summed E-state index contributed by atoms with van der Waals surface area (Å²) in [5, 5.41) is 2.04. The fourth-order valence-corrected chi connectivity index (χ4v) is 4.70. The number of nitrogens with zero attached hydrogens (tertiary/aromatic N) is 2. The van der Waals surface area contributed by atoms with Crippen LogP contribution in [0.1, 0.15) is 6.92 Å². The molecular formula is C25H19ClN4O2S. The lowest BCUT2D eigenvalue weighted by atomic mass is 9.95. The standard InChI is InChI=1S/C25H19ClN4O2S/c1-2-33(32)30-24-18-10-11-20(31)28-25(18)29-23(15-7-4-3-5-8-15)21(24)17-13-16-9-6-12-27-22(16)19(26)14-17/h3-14H,2H2,1H3,(H2,28,29,30,31).